The molecule has 4 heteroatoms. The number of amides is 1. The fourth-order valence-corrected chi connectivity index (χ4v) is 1.82. The van der Waals surface area contributed by atoms with Crippen molar-refractivity contribution in [1.29, 1.82) is 0 Å². The number of rotatable bonds is 8. The van der Waals surface area contributed by atoms with Gasteiger partial charge in [-0.2, -0.15) is 0 Å². The molecule has 1 heterocycles. The van der Waals surface area contributed by atoms with Crippen molar-refractivity contribution in [3.05, 3.63) is 23.7 Å². The van der Waals surface area contributed by atoms with Crippen molar-refractivity contribution < 1.29 is 9.21 Å². The Kier molecular flexibility index (Phi) is 4.81. The Bertz CT molecular complexity index is 383. The Balaban J connectivity index is 1.51. The Morgan fingerprint density at radius 2 is 2.17 bits per heavy atom. The zero-order valence-corrected chi connectivity index (χ0v) is 11.0. The maximum absolute atomic E-state index is 11.4. The fourth-order valence-electron chi connectivity index (χ4n) is 1.82. The highest BCUT2D eigenvalue weighted by Crippen LogP contribution is 2.18. The van der Waals surface area contributed by atoms with Gasteiger partial charge in [0.2, 0.25) is 5.91 Å². The minimum atomic E-state index is 0.186. The molecule has 0 spiro atoms. The molecule has 2 rings (SSSR count). The van der Waals surface area contributed by atoms with Crippen LogP contribution in [0.1, 0.15) is 44.1 Å². The average Bonchev–Trinajstić information content (AvgIpc) is 3.05. The van der Waals surface area contributed by atoms with Gasteiger partial charge in [-0.25, -0.2) is 0 Å². The first-order valence-electron chi connectivity index (χ1n) is 6.85. The van der Waals surface area contributed by atoms with E-state index in [0.29, 0.717) is 12.5 Å². The molecule has 0 unspecified atom stereocenters. The minimum absolute atomic E-state index is 0.186. The predicted molar refractivity (Wildman–Crippen MR) is 70.2 cm³/mol. The standard InChI is InChI=1S/C14H22N2O2/c1-2-12-7-8-13(18-12)10-15-9-3-4-14(17)16-11-5-6-11/h7-8,11,15H,2-6,9-10H2,1H3,(H,16,17). The zero-order valence-electron chi connectivity index (χ0n) is 11.0. The van der Waals surface area contributed by atoms with Crippen LogP contribution in [0.3, 0.4) is 0 Å². The van der Waals surface area contributed by atoms with Gasteiger partial charge in [-0.05, 0) is 37.9 Å². The third kappa shape index (κ3) is 4.53. The van der Waals surface area contributed by atoms with Crippen LogP contribution in [0.5, 0.6) is 0 Å². The SMILES string of the molecule is CCc1ccc(CNCCCC(=O)NC2CC2)o1. The lowest BCUT2D eigenvalue weighted by atomic mass is 10.3. The highest BCUT2D eigenvalue weighted by atomic mass is 16.3. The normalized spacial score (nSPS) is 14.7. The second-order valence-electron chi connectivity index (χ2n) is 4.84. The minimum Gasteiger partial charge on any atom is -0.465 e. The Morgan fingerprint density at radius 3 is 2.83 bits per heavy atom. The molecule has 1 saturated carbocycles. The van der Waals surface area contributed by atoms with E-state index in [1.807, 2.05) is 12.1 Å². The maximum atomic E-state index is 11.4. The van der Waals surface area contributed by atoms with Gasteiger partial charge in [-0.15, -0.1) is 0 Å². The van der Waals surface area contributed by atoms with Gasteiger partial charge in [0.25, 0.3) is 0 Å². The van der Waals surface area contributed by atoms with E-state index in [0.717, 1.165) is 50.3 Å². The third-order valence-electron chi connectivity index (χ3n) is 3.06. The number of carbonyl (C=O) groups is 1. The van der Waals surface area contributed by atoms with E-state index in [4.69, 9.17) is 4.42 Å². The predicted octanol–water partition coefficient (Wildman–Crippen LogP) is 1.99. The van der Waals surface area contributed by atoms with Gasteiger partial charge in [0, 0.05) is 18.9 Å². The van der Waals surface area contributed by atoms with Gasteiger partial charge in [-0.3, -0.25) is 4.79 Å². The second-order valence-corrected chi connectivity index (χ2v) is 4.84. The molecule has 0 bridgehead atoms. The summed E-state index contributed by atoms with van der Waals surface area (Å²) in [7, 11) is 0. The molecule has 1 fully saturated rings. The van der Waals surface area contributed by atoms with Gasteiger partial charge in [0.05, 0.1) is 6.54 Å². The van der Waals surface area contributed by atoms with Crippen molar-refractivity contribution in [3.63, 3.8) is 0 Å². The largest absolute Gasteiger partial charge is 0.465 e. The van der Waals surface area contributed by atoms with Crippen LogP contribution in [-0.2, 0) is 17.8 Å². The molecular weight excluding hydrogens is 228 g/mol. The molecule has 4 nitrogen and oxygen atoms in total. The highest BCUT2D eigenvalue weighted by Gasteiger charge is 2.22. The summed E-state index contributed by atoms with van der Waals surface area (Å²) in [6.45, 7) is 3.67. The first-order chi connectivity index (χ1) is 8.78. The van der Waals surface area contributed by atoms with Crippen molar-refractivity contribution in [2.24, 2.45) is 0 Å². The summed E-state index contributed by atoms with van der Waals surface area (Å²) in [5.41, 5.74) is 0. The molecule has 1 aromatic heterocycles. The van der Waals surface area contributed by atoms with E-state index in [-0.39, 0.29) is 5.91 Å². The lowest BCUT2D eigenvalue weighted by molar-refractivity contribution is -0.121. The van der Waals surface area contributed by atoms with Crippen LogP contribution in [0.4, 0.5) is 0 Å². The molecule has 0 atom stereocenters. The molecule has 2 N–H and O–H groups in total. The van der Waals surface area contributed by atoms with Gasteiger partial charge < -0.3 is 15.1 Å². The molecule has 0 aliphatic heterocycles. The molecule has 100 valence electrons. The quantitative estimate of drug-likeness (QED) is 0.694. The number of furan rings is 1. The molecule has 0 saturated heterocycles. The van der Waals surface area contributed by atoms with Crippen molar-refractivity contribution in [2.45, 2.75) is 51.6 Å². The zero-order chi connectivity index (χ0) is 12.8. The molecule has 0 aromatic carbocycles. The summed E-state index contributed by atoms with van der Waals surface area (Å²) >= 11 is 0. The van der Waals surface area contributed by atoms with E-state index in [1.54, 1.807) is 0 Å². The van der Waals surface area contributed by atoms with Crippen molar-refractivity contribution in [2.75, 3.05) is 6.54 Å². The van der Waals surface area contributed by atoms with Gasteiger partial charge in [-0.1, -0.05) is 6.92 Å². The fraction of sp³-hybridized carbons (Fsp3) is 0.643. The highest BCUT2D eigenvalue weighted by molar-refractivity contribution is 5.76. The van der Waals surface area contributed by atoms with Crippen molar-refractivity contribution in [3.8, 4) is 0 Å². The molecule has 1 aromatic rings. The van der Waals surface area contributed by atoms with Gasteiger partial charge in [0.15, 0.2) is 0 Å². The van der Waals surface area contributed by atoms with Crippen LogP contribution >= 0.6 is 0 Å². The van der Waals surface area contributed by atoms with Crippen LogP contribution in [0, 0.1) is 0 Å². The second kappa shape index (κ2) is 6.59. The number of hydrogen-bond donors (Lipinski definition) is 2. The van der Waals surface area contributed by atoms with Crippen LogP contribution < -0.4 is 10.6 Å². The van der Waals surface area contributed by atoms with Crippen LogP contribution in [0.25, 0.3) is 0 Å². The summed E-state index contributed by atoms with van der Waals surface area (Å²) in [6.07, 6.45) is 4.73. The monoisotopic (exact) mass is 250 g/mol. The smallest absolute Gasteiger partial charge is 0.220 e. The molecule has 1 amide bonds. The number of carbonyl (C=O) groups excluding carboxylic acids is 1. The van der Waals surface area contributed by atoms with Crippen LogP contribution in [-0.4, -0.2) is 18.5 Å². The Labute approximate surface area is 108 Å². The van der Waals surface area contributed by atoms with E-state index in [1.165, 1.54) is 0 Å². The van der Waals surface area contributed by atoms with Crippen LogP contribution in [0.15, 0.2) is 16.5 Å². The summed E-state index contributed by atoms with van der Waals surface area (Å²) in [5, 5.41) is 6.28. The number of aryl methyl sites for hydroxylation is 1. The van der Waals surface area contributed by atoms with Gasteiger partial charge >= 0.3 is 0 Å². The first kappa shape index (κ1) is 13.1. The number of nitrogens with one attached hydrogen (secondary N) is 2. The maximum Gasteiger partial charge on any atom is 0.220 e. The lowest BCUT2D eigenvalue weighted by Gasteiger charge is -2.04. The molecule has 1 aliphatic rings. The third-order valence-corrected chi connectivity index (χ3v) is 3.06. The van der Waals surface area contributed by atoms with Gasteiger partial charge in [0.1, 0.15) is 11.5 Å². The van der Waals surface area contributed by atoms with E-state index < -0.39 is 0 Å². The lowest BCUT2D eigenvalue weighted by Crippen LogP contribution is -2.26. The van der Waals surface area contributed by atoms with Crippen LogP contribution in [0.2, 0.25) is 0 Å². The van der Waals surface area contributed by atoms with Crippen molar-refractivity contribution in [1.82, 2.24) is 10.6 Å². The Hall–Kier alpha value is -1.29. The van der Waals surface area contributed by atoms with E-state index in [2.05, 4.69) is 17.6 Å². The molecule has 1 aliphatic carbocycles. The topological polar surface area (TPSA) is 54.3 Å². The first-order valence-corrected chi connectivity index (χ1v) is 6.85. The molecule has 0 radical (unpaired) electrons. The average molecular weight is 250 g/mol. The summed E-state index contributed by atoms with van der Waals surface area (Å²) in [4.78, 5) is 11.4. The molecule has 18 heavy (non-hydrogen) atoms. The summed E-state index contributed by atoms with van der Waals surface area (Å²) < 4.78 is 5.58. The van der Waals surface area contributed by atoms with E-state index >= 15 is 0 Å². The summed E-state index contributed by atoms with van der Waals surface area (Å²) in [6, 6.07) is 4.49. The summed E-state index contributed by atoms with van der Waals surface area (Å²) in [5.74, 6) is 2.18. The Morgan fingerprint density at radius 1 is 1.39 bits per heavy atom. The number of hydrogen-bond acceptors (Lipinski definition) is 3. The van der Waals surface area contributed by atoms with Crippen molar-refractivity contribution >= 4 is 5.91 Å². The van der Waals surface area contributed by atoms with E-state index in [9.17, 15) is 4.79 Å². The molecular formula is C14H22N2O2.